The highest BCUT2D eigenvalue weighted by Gasteiger charge is 2.59. The van der Waals surface area contributed by atoms with Gasteiger partial charge in [0.25, 0.3) is 0 Å². The van der Waals surface area contributed by atoms with Gasteiger partial charge in [-0.1, -0.05) is 79.1 Å². The van der Waals surface area contributed by atoms with Crippen molar-refractivity contribution in [1.29, 1.82) is 0 Å². The summed E-state index contributed by atoms with van der Waals surface area (Å²) in [4.78, 5) is 23.3. The van der Waals surface area contributed by atoms with Crippen LogP contribution in [0.15, 0.2) is 0 Å². The van der Waals surface area contributed by atoms with Gasteiger partial charge in [0.2, 0.25) is 0 Å². The molecule has 1 aliphatic rings. The molecule has 3 N–H and O–H groups in total. The maximum absolute atomic E-state index is 12.1. The number of carboxylic acid groups (broad SMARTS) is 1. The van der Waals surface area contributed by atoms with Crippen LogP contribution in [-0.4, -0.2) is 44.4 Å². The average molecular weight is 399 g/mol. The van der Waals surface area contributed by atoms with E-state index in [1.807, 2.05) is 0 Å². The lowest BCUT2D eigenvalue weighted by Gasteiger charge is -2.44. The van der Waals surface area contributed by atoms with Gasteiger partial charge in [0.05, 0.1) is 11.6 Å². The number of aliphatic carboxylic acids is 1. The van der Waals surface area contributed by atoms with Crippen LogP contribution in [0.25, 0.3) is 0 Å². The number of nitrogens with zero attached hydrogens (tertiary/aromatic N) is 1. The second-order valence-electron chi connectivity index (χ2n) is 8.59. The molecule has 1 amide bonds. The third-order valence-electron chi connectivity index (χ3n) is 6.52. The van der Waals surface area contributed by atoms with Crippen LogP contribution in [0.1, 0.15) is 111 Å². The Morgan fingerprint density at radius 2 is 1.32 bits per heavy atom. The average Bonchev–Trinajstić information content (AvgIpc) is 2.90. The zero-order valence-electron chi connectivity index (χ0n) is 18.4. The van der Waals surface area contributed by atoms with Gasteiger partial charge in [0.1, 0.15) is 0 Å². The summed E-state index contributed by atoms with van der Waals surface area (Å²) < 4.78 is 0. The largest absolute Gasteiger partial charge is 0.474 e. The van der Waals surface area contributed by atoms with Gasteiger partial charge in [-0.05, 0) is 32.1 Å². The Hall–Kier alpha value is -1.14. The number of nitrogens with one attached hydrogen (secondary N) is 1. The Morgan fingerprint density at radius 1 is 0.893 bits per heavy atom. The van der Waals surface area contributed by atoms with Crippen molar-refractivity contribution in [1.82, 2.24) is 10.4 Å². The molecule has 6 nitrogen and oxygen atoms in total. The second-order valence-corrected chi connectivity index (χ2v) is 8.59. The lowest BCUT2D eigenvalue weighted by Crippen LogP contribution is -2.58. The molecule has 1 heterocycles. The number of hydroxylamine groups is 2. The van der Waals surface area contributed by atoms with Crippen LogP contribution in [0.5, 0.6) is 0 Å². The normalized spacial score (nSPS) is 21.0. The molecule has 1 atom stereocenters. The Balaban J connectivity index is 3.34. The first kappa shape index (κ1) is 24.9. The molecule has 164 valence electrons. The molecule has 1 unspecified atom stereocenters. The van der Waals surface area contributed by atoms with Crippen LogP contribution in [0.2, 0.25) is 0 Å². The summed E-state index contributed by atoms with van der Waals surface area (Å²) in [5, 5.41) is 25.2. The smallest absolute Gasteiger partial charge is 0.394 e. The minimum absolute atomic E-state index is 0.340. The first-order valence-corrected chi connectivity index (χ1v) is 11.4. The van der Waals surface area contributed by atoms with Crippen LogP contribution in [0, 0.1) is 0 Å². The fourth-order valence-electron chi connectivity index (χ4n) is 4.89. The van der Waals surface area contributed by atoms with Crippen molar-refractivity contribution in [3.8, 4) is 0 Å². The molecule has 0 aromatic heterocycles. The van der Waals surface area contributed by atoms with Crippen molar-refractivity contribution < 1.29 is 19.9 Å². The van der Waals surface area contributed by atoms with Crippen molar-refractivity contribution in [2.24, 2.45) is 0 Å². The van der Waals surface area contributed by atoms with Gasteiger partial charge in [-0.2, -0.15) is 5.06 Å². The molecule has 1 rings (SSSR count). The molecule has 0 radical (unpaired) electrons. The van der Waals surface area contributed by atoms with E-state index in [0.717, 1.165) is 77.0 Å². The Bertz CT molecular complexity index is 479. The molecule has 0 spiro atoms. The Kier molecular flexibility index (Phi) is 10.5. The Morgan fingerprint density at radius 3 is 1.71 bits per heavy atom. The third-order valence-corrected chi connectivity index (χ3v) is 6.52. The van der Waals surface area contributed by atoms with Gasteiger partial charge in [0.15, 0.2) is 0 Å². The highest BCUT2D eigenvalue weighted by Crippen LogP contribution is 2.50. The number of amides is 1. The van der Waals surface area contributed by atoms with Crippen LogP contribution in [0.3, 0.4) is 0 Å². The molecular weight excluding hydrogens is 356 g/mol. The predicted octanol–water partition coefficient (Wildman–Crippen LogP) is 4.89. The molecule has 0 aromatic carbocycles. The summed E-state index contributed by atoms with van der Waals surface area (Å²) in [6.45, 7) is 8.54. The number of hydrogen-bond acceptors (Lipinski definition) is 4. The van der Waals surface area contributed by atoms with Gasteiger partial charge in [-0.25, -0.2) is 4.79 Å². The first-order chi connectivity index (χ1) is 13.3. The van der Waals surface area contributed by atoms with E-state index in [2.05, 4.69) is 33.0 Å². The van der Waals surface area contributed by atoms with Crippen molar-refractivity contribution >= 4 is 11.9 Å². The van der Waals surface area contributed by atoms with E-state index in [4.69, 9.17) is 5.11 Å². The number of rotatable bonds is 13. The van der Waals surface area contributed by atoms with E-state index in [-0.39, 0.29) is 11.6 Å². The van der Waals surface area contributed by atoms with Gasteiger partial charge < -0.3 is 15.6 Å². The zero-order valence-corrected chi connectivity index (χ0v) is 18.4. The quantitative estimate of drug-likeness (QED) is 0.384. The lowest BCUT2D eigenvalue weighted by atomic mass is 9.80. The molecule has 0 saturated carbocycles. The predicted molar refractivity (Wildman–Crippen MR) is 111 cm³/mol. The van der Waals surface area contributed by atoms with Crippen LogP contribution >= 0.6 is 0 Å². The topological polar surface area (TPSA) is 89.9 Å². The van der Waals surface area contributed by atoms with E-state index in [0.29, 0.717) is 6.42 Å². The van der Waals surface area contributed by atoms with E-state index in [1.54, 1.807) is 5.06 Å². The SMILES string of the molecule is CCCCC1(CCCC)CC(NC(=O)C(=O)O)C(CCCC)(CCCC)N1O. The van der Waals surface area contributed by atoms with Crippen LogP contribution in [0.4, 0.5) is 0 Å². The van der Waals surface area contributed by atoms with Gasteiger partial charge in [-0.3, -0.25) is 4.79 Å². The summed E-state index contributed by atoms with van der Waals surface area (Å²) in [6.07, 6.45) is 11.9. The molecule has 6 heteroatoms. The van der Waals surface area contributed by atoms with Crippen LogP contribution < -0.4 is 5.32 Å². The third kappa shape index (κ3) is 5.69. The van der Waals surface area contributed by atoms with E-state index in [1.165, 1.54) is 0 Å². The maximum atomic E-state index is 12.1. The molecule has 0 bridgehead atoms. The minimum Gasteiger partial charge on any atom is -0.474 e. The fourth-order valence-corrected chi connectivity index (χ4v) is 4.89. The summed E-state index contributed by atoms with van der Waals surface area (Å²) >= 11 is 0. The van der Waals surface area contributed by atoms with Crippen LogP contribution in [-0.2, 0) is 9.59 Å². The number of carbonyl (C=O) groups excluding carboxylic acids is 1. The fraction of sp³-hybridized carbons (Fsp3) is 0.909. The molecule has 1 saturated heterocycles. The molecule has 1 aliphatic heterocycles. The summed E-state index contributed by atoms with van der Waals surface area (Å²) in [5.41, 5.74) is -0.970. The number of carbonyl (C=O) groups is 2. The highest BCUT2D eigenvalue weighted by molar-refractivity contribution is 6.31. The lowest BCUT2D eigenvalue weighted by molar-refractivity contribution is -0.223. The number of unbranched alkanes of at least 4 members (excludes halogenated alkanes) is 4. The number of carboxylic acids is 1. The van der Waals surface area contributed by atoms with Gasteiger partial charge in [-0.15, -0.1) is 0 Å². The Labute approximate surface area is 171 Å². The van der Waals surface area contributed by atoms with Crippen molar-refractivity contribution in [3.63, 3.8) is 0 Å². The first-order valence-electron chi connectivity index (χ1n) is 11.4. The maximum Gasteiger partial charge on any atom is 0.394 e. The standard InChI is InChI=1S/C22H42N2O4/c1-5-9-13-21(14-10-6-2)17-18(23-19(25)20(26)27)22(24(21)28,15-11-7-3)16-12-8-4/h18,28H,5-17H2,1-4H3,(H,23,25)(H,26,27). The van der Waals surface area contributed by atoms with E-state index in [9.17, 15) is 14.8 Å². The zero-order chi connectivity index (χ0) is 21.2. The van der Waals surface area contributed by atoms with Crippen molar-refractivity contribution in [3.05, 3.63) is 0 Å². The highest BCUT2D eigenvalue weighted by atomic mass is 16.5. The summed E-state index contributed by atoms with van der Waals surface area (Å²) in [6, 6.07) is -0.340. The van der Waals surface area contributed by atoms with E-state index < -0.39 is 17.4 Å². The van der Waals surface area contributed by atoms with Crippen molar-refractivity contribution in [2.75, 3.05) is 0 Å². The van der Waals surface area contributed by atoms with Gasteiger partial charge >= 0.3 is 11.9 Å². The summed E-state index contributed by atoms with van der Waals surface area (Å²) in [7, 11) is 0. The second kappa shape index (κ2) is 11.8. The van der Waals surface area contributed by atoms with E-state index >= 15 is 0 Å². The molecule has 0 aromatic rings. The van der Waals surface area contributed by atoms with Gasteiger partial charge in [0, 0.05) is 5.54 Å². The molecule has 28 heavy (non-hydrogen) atoms. The monoisotopic (exact) mass is 398 g/mol. The molecule has 1 fully saturated rings. The summed E-state index contributed by atoms with van der Waals surface area (Å²) in [5.74, 6) is -2.42. The number of hydrogen-bond donors (Lipinski definition) is 3. The molecular formula is C22H42N2O4. The van der Waals surface area contributed by atoms with Crippen molar-refractivity contribution in [2.45, 2.75) is 128 Å². The molecule has 0 aliphatic carbocycles. The minimum atomic E-state index is -1.45.